The van der Waals surface area contributed by atoms with E-state index >= 15 is 0 Å². The van der Waals surface area contributed by atoms with Crippen LogP contribution in [0.3, 0.4) is 0 Å². The summed E-state index contributed by atoms with van der Waals surface area (Å²) in [5, 5.41) is 24.7. The average molecular weight is 638 g/mol. The standard InChI is InChI=1S/C31H43N9O6/c32-30(33)36-14-4-9-23(37-27(43)24(39-31(34)35)16-20-10-12-22(41)13-11-20)26(42)38-25(17-19-6-2-1-3-7-19)28(44)40-15-5-8-21(18-40)29(45)46/h1-3,6-7,10-13,21,23-25,41H,4-5,8-9,14-18H2,(H,37,43)(H,38,42)(H,45,46)(H4,32,33,36)(H4,34,35,39)/t21?,23-,24+,25+/m1/s1. The molecule has 2 aromatic rings. The van der Waals surface area contributed by atoms with Gasteiger partial charge in [0.2, 0.25) is 17.7 Å². The van der Waals surface area contributed by atoms with Gasteiger partial charge in [-0.1, -0.05) is 42.5 Å². The fourth-order valence-corrected chi connectivity index (χ4v) is 5.19. The number of amides is 3. The fraction of sp³-hybridized carbons (Fsp3) is 0.419. The number of nitrogens with zero attached hydrogens (tertiary/aromatic N) is 3. The number of aliphatic imine (C=N–C) groups is 2. The van der Waals surface area contributed by atoms with Crippen molar-refractivity contribution in [1.29, 1.82) is 0 Å². The first kappa shape index (κ1) is 35.1. The van der Waals surface area contributed by atoms with Crippen LogP contribution in [0.4, 0.5) is 0 Å². The van der Waals surface area contributed by atoms with Crippen molar-refractivity contribution in [3.05, 3.63) is 65.7 Å². The number of rotatable bonds is 15. The number of nitrogens with one attached hydrogen (secondary N) is 2. The van der Waals surface area contributed by atoms with Crippen LogP contribution in [0.25, 0.3) is 0 Å². The third-order valence-electron chi connectivity index (χ3n) is 7.53. The molecule has 0 aliphatic carbocycles. The summed E-state index contributed by atoms with van der Waals surface area (Å²) >= 11 is 0. The number of likely N-dealkylation sites (tertiary alicyclic amines) is 1. The average Bonchev–Trinajstić information content (AvgIpc) is 3.02. The molecule has 0 bridgehead atoms. The Hall–Kier alpha value is -5.34. The van der Waals surface area contributed by atoms with Gasteiger partial charge in [-0.2, -0.15) is 0 Å². The van der Waals surface area contributed by atoms with Crippen molar-refractivity contribution in [2.45, 2.75) is 56.7 Å². The molecule has 0 radical (unpaired) electrons. The fourth-order valence-electron chi connectivity index (χ4n) is 5.19. The molecule has 1 aliphatic heterocycles. The number of carboxylic acids is 1. The molecule has 46 heavy (non-hydrogen) atoms. The number of hydrogen-bond donors (Lipinski definition) is 8. The minimum absolute atomic E-state index is 0.0332. The highest BCUT2D eigenvalue weighted by molar-refractivity contribution is 5.94. The summed E-state index contributed by atoms with van der Waals surface area (Å²) in [7, 11) is 0. The number of carboxylic acid groups (broad SMARTS) is 1. The van der Waals surface area contributed by atoms with Crippen LogP contribution in [0.2, 0.25) is 0 Å². The van der Waals surface area contributed by atoms with Crippen LogP contribution in [-0.4, -0.2) is 88.5 Å². The van der Waals surface area contributed by atoms with Crippen molar-refractivity contribution in [2.24, 2.45) is 38.8 Å². The van der Waals surface area contributed by atoms with E-state index in [0.29, 0.717) is 31.4 Å². The van der Waals surface area contributed by atoms with Crippen LogP contribution in [0.5, 0.6) is 5.75 Å². The monoisotopic (exact) mass is 637 g/mol. The first-order valence-electron chi connectivity index (χ1n) is 15.0. The molecule has 12 N–H and O–H groups in total. The van der Waals surface area contributed by atoms with Crippen LogP contribution in [0.1, 0.15) is 36.8 Å². The number of phenols is 1. The maximum atomic E-state index is 13.8. The lowest BCUT2D eigenvalue weighted by molar-refractivity contribution is -0.147. The zero-order chi connectivity index (χ0) is 33.6. The van der Waals surface area contributed by atoms with E-state index in [4.69, 9.17) is 22.9 Å². The SMILES string of the molecule is NC(N)=NCCC[C@@H](NC(=O)[C@H](Cc1ccc(O)cc1)N=C(N)N)C(=O)N[C@@H](Cc1ccccc1)C(=O)N1CCCC(C(=O)O)C1. The number of benzene rings is 2. The molecule has 1 fully saturated rings. The second kappa shape index (κ2) is 17.2. The maximum Gasteiger partial charge on any atom is 0.308 e. The summed E-state index contributed by atoms with van der Waals surface area (Å²) in [6, 6.07) is 12.0. The van der Waals surface area contributed by atoms with Crippen molar-refractivity contribution in [1.82, 2.24) is 15.5 Å². The van der Waals surface area contributed by atoms with E-state index in [1.807, 2.05) is 30.3 Å². The summed E-state index contributed by atoms with van der Waals surface area (Å²) in [5.74, 6) is -3.78. The van der Waals surface area contributed by atoms with Crippen molar-refractivity contribution >= 4 is 35.6 Å². The molecule has 2 aromatic carbocycles. The van der Waals surface area contributed by atoms with E-state index in [0.717, 1.165) is 5.56 Å². The van der Waals surface area contributed by atoms with Gasteiger partial charge in [-0.05, 0) is 48.9 Å². The summed E-state index contributed by atoms with van der Waals surface area (Å²) < 4.78 is 0. The molecule has 0 saturated carbocycles. The zero-order valence-electron chi connectivity index (χ0n) is 25.5. The Morgan fingerprint density at radius 2 is 1.52 bits per heavy atom. The highest BCUT2D eigenvalue weighted by Gasteiger charge is 2.34. The molecular formula is C31H43N9O6. The number of piperidine rings is 1. The lowest BCUT2D eigenvalue weighted by Gasteiger charge is -2.34. The van der Waals surface area contributed by atoms with Gasteiger partial charge in [0.25, 0.3) is 0 Å². The second-order valence-corrected chi connectivity index (χ2v) is 11.2. The first-order chi connectivity index (χ1) is 21.9. The van der Waals surface area contributed by atoms with Gasteiger partial charge >= 0.3 is 5.97 Å². The van der Waals surface area contributed by atoms with Crippen LogP contribution in [0.15, 0.2) is 64.6 Å². The molecule has 0 spiro atoms. The van der Waals surface area contributed by atoms with Crippen LogP contribution < -0.4 is 33.6 Å². The molecule has 4 atom stereocenters. The summed E-state index contributed by atoms with van der Waals surface area (Å²) in [6.07, 6.45) is 1.61. The second-order valence-electron chi connectivity index (χ2n) is 11.2. The van der Waals surface area contributed by atoms with Gasteiger partial charge in [0.05, 0.1) is 5.92 Å². The summed E-state index contributed by atoms with van der Waals surface area (Å²) in [4.78, 5) is 62.2. The van der Waals surface area contributed by atoms with Crippen LogP contribution in [0, 0.1) is 5.92 Å². The topological polar surface area (TPSA) is 265 Å². The number of phenolic OH excluding ortho intramolecular Hbond substituents is 1. The third kappa shape index (κ3) is 11.3. The van der Waals surface area contributed by atoms with Gasteiger partial charge in [0.1, 0.15) is 23.9 Å². The molecular weight excluding hydrogens is 594 g/mol. The number of aromatic hydroxyl groups is 1. The van der Waals surface area contributed by atoms with Gasteiger partial charge in [0, 0.05) is 32.5 Å². The van der Waals surface area contributed by atoms with Crippen molar-refractivity contribution in [2.75, 3.05) is 19.6 Å². The predicted molar refractivity (Wildman–Crippen MR) is 172 cm³/mol. The molecule has 248 valence electrons. The Bertz CT molecular complexity index is 1390. The van der Waals surface area contributed by atoms with E-state index in [2.05, 4.69) is 20.6 Å². The number of guanidine groups is 2. The number of carbonyl (C=O) groups is 4. The number of aliphatic carboxylic acids is 1. The maximum absolute atomic E-state index is 13.8. The molecule has 15 heteroatoms. The van der Waals surface area contributed by atoms with Gasteiger partial charge in [-0.25, -0.2) is 4.99 Å². The molecule has 15 nitrogen and oxygen atoms in total. The normalized spacial score (nSPS) is 16.3. The smallest absolute Gasteiger partial charge is 0.308 e. The van der Waals surface area contributed by atoms with Crippen molar-refractivity contribution in [3.8, 4) is 5.75 Å². The van der Waals surface area contributed by atoms with E-state index in [1.165, 1.54) is 17.0 Å². The van der Waals surface area contributed by atoms with Gasteiger partial charge in [-0.3, -0.25) is 24.2 Å². The van der Waals surface area contributed by atoms with Crippen molar-refractivity contribution < 1.29 is 29.4 Å². The van der Waals surface area contributed by atoms with E-state index < -0.39 is 47.7 Å². The summed E-state index contributed by atoms with van der Waals surface area (Å²) in [6.45, 7) is 0.578. The lowest BCUT2D eigenvalue weighted by atomic mass is 9.96. The first-order valence-corrected chi connectivity index (χ1v) is 15.0. The Labute approximate surface area is 267 Å². The van der Waals surface area contributed by atoms with Gasteiger partial charge in [0.15, 0.2) is 11.9 Å². The molecule has 1 heterocycles. The lowest BCUT2D eigenvalue weighted by Crippen LogP contribution is -2.57. The molecule has 1 saturated heterocycles. The number of hydrogen-bond acceptors (Lipinski definition) is 7. The van der Waals surface area contributed by atoms with Gasteiger partial charge < -0.3 is 48.7 Å². The Morgan fingerprint density at radius 1 is 0.870 bits per heavy atom. The molecule has 1 aliphatic rings. The zero-order valence-corrected chi connectivity index (χ0v) is 25.5. The van der Waals surface area contributed by atoms with Crippen LogP contribution in [-0.2, 0) is 32.0 Å². The number of carbonyl (C=O) groups excluding carboxylic acids is 3. The third-order valence-corrected chi connectivity index (χ3v) is 7.53. The molecule has 3 amide bonds. The van der Waals surface area contributed by atoms with Gasteiger partial charge in [-0.15, -0.1) is 0 Å². The Kier molecular flexibility index (Phi) is 13.2. The van der Waals surface area contributed by atoms with E-state index in [1.54, 1.807) is 12.1 Å². The summed E-state index contributed by atoms with van der Waals surface area (Å²) in [5.41, 5.74) is 23.5. The quantitative estimate of drug-likeness (QED) is 0.0682. The Morgan fingerprint density at radius 3 is 2.15 bits per heavy atom. The largest absolute Gasteiger partial charge is 0.508 e. The minimum Gasteiger partial charge on any atom is -0.508 e. The highest BCUT2D eigenvalue weighted by atomic mass is 16.4. The molecule has 3 rings (SSSR count). The van der Waals surface area contributed by atoms with Crippen molar-refractivity contribution in [3.63, 3.8) is 0 Å². The molecule has 0 aromatic heterocycles. The Balaban J connectivity index is 1.85. The number of nitrogens with two attached hydrogens (primary N) is 4. The molecule has 1 unspecified atom stereocenters. The van der Waals surface area contributed by atoms with E-state index in [9.17, 15) is 29.4 Å². The minimum atomic E-state index is -1.13. The van der Waals surface area contributed by atoms with E-state index in [-0.39, 0.29) is 50.0 Å². The van der Waals surface area contributed by atoms with Crippen LogP contribution >= 0.6 is 0 Å². The highest BCUT2D eigenvalue weighted by Crippen LogP contribution is 2.19. The predicted octanol–water partition coefficient (Wildman–Crippen LogP) is -0.834.